The van der Waals surface area contributed by atoms with E-state index in [1.165, 1.54) is 18.0 Å². The van der Waals surface area contributed by atoms with Gasteiger partial charge in [0.25, 0.3) is 0 Å². The monoisotopic (exact) mass is 437 g/mol. The van der Waals surface area contributed by atoms with Crippen LogP contribution in [0.25, 0.3) is 11.3 Å². The highest BCUT2D eigenvalue weighted by Gasteiger charge is 2.52. The second kappa shape index (κ2) is 8.24. The highest BCUT2D eigenvalue weighted by Crippen LogP contribution is 2.40. The second-order valence-corrected chi connectivity index (χ2v) is 7.94. The molecule has 0 amide bonds. The van der Waals surface area contributed by atoms with Gasteiger partial charge < -0.3 is 18.9 Å². The maximum Gasteiger partial charge on any atom is 0.194 e. The Balaban J connectivity index is 1.73. The molecule has 1 unspecified atom stereocenters. The van der Waals surface area contributed by atoms with Gasteiger partial charge in [0.15, 0.2) is 23.2 Å². The molecule has 7 nitrogen and oxygen atoms in total. The van der Waals surface area contributed by atoms with Crippen LogP contribution >= 0.6 is 0 Å². The number of hydrogen-bond donors (Lipinski definition) is 0. The molecule has 2 aliphatic rings. The number of nitrogens with zero attached hydrogens (tertiary/aromatic N) is 3. The summed E-state index contributed by atoms with van der Waals surface area (Å²) in [6, 6.07) is 1.21. The number of methoxy groups -OCH3 is 1. The van der Waals surface area contributed by atoms with Crippen LogP contribution in [-0.4, -0.2) is 58.9 Å². The van der Waals surface area contributed by atoms with Gasteiger partial charge in [0.2, 0.25) is 0 Å². The number of ether oxygens (including phenoxy) is 4. The van der Waals surface area contributed by atoms with Gasteiger partial charge in [-0.05, 0) is 26.0 Å². The number of halogens is 3. The molecular weight excluding hydrogens is 415 g/mol. The van der Waals surface area contributed by atoms with Crippen molar-refractivity contribution in [3.05, 3.63) is 35.8 Å². The average Bonchev–Trinajstić information content (AvgIpc) is 3.20. The van der Waals surface area contributed by atoms with Crippen molar-refractivity contribution in [1.29, 1.82) is 0 Å². The SMILES string of the molecule is C#CC[C@H]1O[C@@H]2COC(C)(C)O[C@@H]2C(n2cc(-c3cc(F)c(F)c(F)c3)nn2)[C@H]1OC. The summed E-state index contributed by atoms with van der Waals surface area (Å²) in [6.45, 7) is 3.85. The van der Waals surface area contributed by atoms with Crippen LogP contribution in [0.1, 0.15) is 26.3 Å². The molecule has 0 radical (unpaired) electrons. The molecule has 10 heteroatoms. The lowest BCUT2D eigenvalue weighted by molar-refractivity contribution is -0.349. The maximum atomic E-state index is 13.7. The van der Waals surface area contributed by atoms with Gasteiger partial charge in [0.1, 0.15) is 30.0 Å². The predicted octanol–water partition coefficient (Wildman–Crippen LogP) is 2.86. The number of aromatic nitrogens is 3. The molecule has 0 N–H and O–H groups in total. The van der Waals surface area contributed by atoms with Crippen LogP contribution in [0.5, 0.6) is 0 Å². The van der Waals surface area contributed by atoms with Crippen LogP contribution in [-0.2, 0) is 18.9 Å². The molecule has 1 aromatic heterocycles. The normalized spacial score (nSPS) is 29.9. The minimum Gasteiger partial charge on any atom is -0.376 e. The third-order valence-electron chi connectivity index (χ3n) is 5.46. The lowest BCUT2D eigenvalue weighted by atomic mass is 9.90. The van der Waals surface area contributed by atoms with Crippen molar-refractivity contribution < 1.29 is 32.1 Å². The van der Waals surface area contributed by atoms with E-state index in [-0.39, 0.29) is 24.3 Å². The Bertz CT molecular complexity index is 983. The summed E-state index contributed by atoms with van der Waals surface area (Å²) in [4.78, 5) is 0. The standard InChI is InChI=1S/C21H22F3N3O4/c1-5-6-15-19(28-4)18(20-16(30-15)10-29-21(2,3)31-20)27-9-14(25-26-27)11-7-12(22)17(24)13(23)8-11/h1,7-9,15-16,18-20H,6,10H2,2-4H3/t15-,16-,18?,19+,20+/m1/s1. The second-order valence-electron chi connectivity index (χ2n) is 7.94. The van der Waals surface area contributed by atoms with E-state index in [1.54, 1.807) is 13.8 Å². The molecule has 0 spiro atoms. The first-order valence-electron chi connectivity index (χ1n) is 9.74. The number of rotatable bonds is 4. The summed E-state index contributed by atoms with van der Waals surface area (Å²) in [5.74, 6) is -2.45. The molecule has 31 heavy (non-hydrogen) atoms. The molecular formula is C21H22F3N3O4. The Morgan fingerprint density at radius 2 is 2.00 bits per heavy atom. The van der Waals surface area contributed by atoms with Crippen molar-refractivity contribution in [2.45, 2.75) is 56.5 Å². The number of terminal acetylenes is 1. The lowest BCUT2D eigenvalue weighted by Gasteiger charge is -2.50. The van der Waals surface area contributed by atoms with Crippen LogP contribution in [0.15, 0.2) is 18.3 Å². The van der Waals surface area contributed by atoms with E-state index >= 15 is 0 Å². The minimum absolute atomic E-state index is 0.0497. The molecule has 0 saturated carbocycles. The zero-order valence-corrected chi connectivity index (χ0v) is 17.2. The van der Waals surface area contributed by atoms with Gasteiger partial charge in [0.05, 0.1) is 18.9 Å². The molecule has 5 atom stereocenters. The summed E-state index contributed by atoms with van der Waals surface area (Å²) < 4.78 is 65.9. The maximum absolute atomic E-state index is 13.7. The van der Waals surface area contributed by atoms with E-state index in [1.807, 2.05) is 0 Å². The van der Waals surface area contributed by atoms with E-state index in [2.05, 4.69) is 16.2 Å². The smallest absolute Gasteiger partial charge is 0.194 e. The Labute approximate surface area is 177 Å². The van der Waals surface area contributed by atoms with E-state index in [9.17, 15) is 13.2 Å². The minimum atomic E-state index is -1.54. The topological polar surface area (TPSA) is 67.6 Å². The van der Waals surface area contributed by atoms with Gasteiger partial charge in [-0.1, -0.05) is 5.21 Å². The molecule has 166 valence electrons. The third-order valence-corrected chi connectivity index (χ3v) is 5.46. The first-order valence-corrected chi connectivity index (χ1v) is 9.74. The van der Waals surface area contributed by atoms with E-state index in [4.69, 9.17) is 25.4 Å². The van der Waals surface area contributed by atoms with Crippen molar-refractivity contribution in [3.8, 4) is 23.6 Å². The molecule has 3 heterocycles. The van der Waals surface area contributed by atoms with Crippen LogP contribution in [0.3, 0.4) is 0 Å². The van der Waals surface area contributed by atoms with Gasteiger partial charge in [-0.2, -0.15) is 0 Å². The number of benzene rings is 1. The third kappa shape index (κ3) is 4.06. The first kappa shape index (κ1) is 21.8. The summed E-state index contributed by atoms with van der Waals surface area (Å²) in [6.07, 6.45) is 5.36. The van der Waals surface area contributed by atoms with Gasteiger partial charge in [-0.15, -0.1) is 17.4 Å². The van der Waals surface area contributed by atoms with Gasteiger partial charge >= 0.3 is 0 Å². The number of hydrogen-bond acceptors (Lipinski definition) is 6. The molecule has 1 aromatic carbocycles. The van der Waals surface area contributed by atoms with Crippen molar-refractivity contribution >= 4 is 0 Å². The van der Waals surface area contributed by atoms with Crippen molar-refractivity contribution in [2.24, 2.45) is 0 Å². The highest BCUT2D eigenvalue weighted by atomic mass is 19.2. The summed E-state index contributed by atoms with van der Waals surface area (Å²) in [5.41, 5.74) is 0.212. The molecule has 2 aromatic rings. The molecule has 2 aliphatic heterocycles. The quantitative estimate of drug-likeness (QED) is 0.541. The zero-order chi connectivity index (χ0) is 22.3. The fourth-order valence-electron chi connectivity index (χ4n) is 4.06. The van der Waals surface area contributed by atoms with E-state index in [0.29, 0.717) is 0 Å². The van der Waals surface area contributed by atoms with Crippen LogP contribution in [0.2, 0.25) is 0 Å². The van der Waals surface area contributed by atoms with Crippen molar-refractivity contribution in [1.82, 2.24) is 15.0 Å². The van der Waals surface area contributed by atoms with Gasteiger partial charge in [-0.25, -0.2) is 17.9 Å². The Kier molecular flexibility index (Phi) is 5.79. The van der Waals surface area contributed by atoms with Crippen LogP contribution < -0.4 is 0 Å². The first-order chi connectivity index (χ1) is 14.7. The molecule has 2 saturated heterocycles. The van der Waals surface area contributed by atoms with Crippen LogP contribution in [0, 0.1) is 29.8 Å². The van der Waals surface area contributed by atoms with Gasteiger partial charge in [-0.3, -0.25) is 0 Å². The van der Waals surface area contributed by atoms with Crippen LogP contribution in [0.4, 0.5) is 13.2 Å². The number of fused-ring (bicyclic) bond motifs is 1. The zero-order valence-electron chi connectivity index (χ0n) is 17.2. The van der Waals surface area contributed by atoms with Crippen molar-refractivity contribution in [3.63, 3.8) is 0 Å². The highest BCUT2D eigenvalue weighted by molar-refractivity contribution is 5.57. The molecule has 0 bridgehead atoms. The predicted molar refractivity (Wildman–Crippen MR) is 102 cm³/mol. The largest absolute Gasteiger partial charge is 0.376 e. The Morgan fingerprint density at radius 1 is 1.29 bits per heavy atom. The summed E-state index contributed by atoms with van der Waals surface area (Å²) >= 11 is 0. The fraction of sp³-hybridized carbons (Fsp3) is 0.524. The van der Waals surface area contributed by atoms with E-state index < -0.39 is 53.7 Å². The Morgan fingerprint density at radius 3 is 2.65 bits per heavy atom. The Hall–Kier alpha value is -2.45. The lowest BCUT2D eigenvalue weighted by Crippen LogP contribution is -2.62. The fourth-order valence-corrected chi connectivity index (χ4v) is 4.06. The molecule has 4 rings (SSSR count). The van der Waals surface area contributed by atoms with E-state index in [0.717, 1.165) is 12.1 Å². The summed E-state index contributed by atoms with van der Waals surface area (Å²) in [5, 5.41) is 8.17. The van der Waals surface area contributed by atoms with Crippen molar-refractivity contribution in [2.75, 3.05) is 13.7 Å². The summed E-state index contributed by atoms with van der Waals surface area (Å²) in [7, 11) is 1.53. The van der Waals surface area contributed by atoms with Gasteiger partial charge in [0, 0.05) is 19.1 Å². The molecule has 0 aliphatic carbocycles. The molecule has 2 fully saturated rings. The average molecular weight is 437 g/mol.